The Balaban J connectivity index is 3.34. The van der Waals surface area contributed by atoms with Gasteiger partial charge in [-0.05, 0) is 5.56 Å². The van der Waals surface area contributed by atoms with E-state index in [1.807, 2.05) is 0 Å². The third kappa shape index (κ3) is 2.01. The maximum absolute atomic E-state index is 12.3. The molecule has 0 unspecified atom stereocenters. The van der Waals surface area contributed by atoms with Gasteiger partial charge < -0.3 is 0 Å². The van der Waals surface area contributed by atoms with Gasteiger partial charge in [0.15, 0.2) is 6.29 Å². The average molecular weight is 240 g/mol. The number of pyridine rings is 1. The van der Waals surface area contributed by atoms with E-state index in [0.717, 1.165) is 6.20 Å². The first-order chi connectivity index (χ1) is 6.61. The van der Waals surface area contributed by atoms with Gasteiger partial charge in [-0.1, -0.05) is 11.6 Å². The van der Waals surface area contributed by atoms with Crippen LogP contribution in [-0.4, -0.2) is 11.3 Å². The fourth-order valence-corrected chi connectivity index (χ4v) is 1.61. The van der Waals surface area contributed by atoms with Gasteiger partial charge in [-0.3, -0.25) is 9.78 Å². The van der Waals surface area contributed by atoms with Gasteiger partial charge >= 0.3 is 0 Å². The van der Waals surface area contributed by atoms with Gasteiger partial charge in [-0.15, -0.1) is 11.6 Å². The van der Waals surface area contributed by atoms with Gasteiger partial charge in [0.1, 0.15) is 5.69 Å². The molecule has 1 aromatic rings. The van der Waals surface area contributed by atoms with E-state index in [1.54, 1.807) is 0 Å². The molecule has 0 aliphatic heterocycles. The highest BCUT2D eigenvalue weighted by Gasteiger charge is 2.18. The molecule has 0 aliphatic carbocycles. The Morgan fingerprint density at radius 2 is 2.21 bits per heavy atom. The number of rotatable bonds is 3. The summed E-state index contributed by atoms with van der Waals surface area (Å²) in [6, 6.07) is 0. The summed E-state index contributed by atoms with van der Waals surface area (Å²) in [5.41, 5.74) is -0.226. The number of nitrogens with zero attached hydrogens (tertiary/aromatic N) is 1. The minimum atomic E-state index is -2.77. The molecule has 0 radical (unpaired) electrons. The van der Waals surface area contributed by atoms with Crippen LogP contribution in [0, 0.1) is 0 Å². The Kier molecular flexibility index (Phi) is 3.77. The van der Waals surface area contributed by atoms with Crippen LogP contribution in [0.1, 0.15) is 28.0 Å². The van der Waals surface area contributed by atoms with Crippen molar-refractivity contribution in [1.82, 2.24) is 4.98 Å². The molecule has 0 aliphatic rings. The molecule has 0 bridgehead atoms. The second kappa shape index (κ2) is 4.66. The quantitative estimate of drug-likeness (QED) is 0.599. The summed E-state index contributed by atoms with van der Waals surface area (Å²) in [5.74, 6) is -0.102. The third-order valence-electron chi connectivity index (χ3n) is 1.65. The molecule has 0 N–H and O–H groups in total. The molecular formula is C8H5Cl2F2NO. The third-order valence-corrected chi connectivity index (χ3v) is 2.34. The molecule has 0 aromatic carbocycles. The molecule has 1 rings (SSSR count). The summed E-state index contributed by atoms with van der Waals surface area (Å²) in [6.07, 6.45) is -1.26. The smallest absolute Gasteiger partial charge is 0.281 e. The van der Waals surface area contributed by atoms with Crippen LogP contribution in [-0.2, 0) is 5.88 Å². The van der Waals surface area contributed by atoms with E-state index in [1.165, 1.54) is 0 Å². The summed E-state index contributed by atoms with van der Waals surface area (Å²) >= 11 is 11.1. The van der Waals surface area contributed by atoms with Crippen LogP contribution in [0.25, 0.3) is 0 Å². The molecule has 0 fully saturated rings. The molecule has 0 spiro atoms. The van der Waals surface area contributed by atoms with Crippen molar-refractivity contribution in [2.75, 3.05) is 0 Å². The van der Waals surface area contributed by atoms with Gasteiger partial charge in [-0.2, -0.15) is 0 Å². The van der Waals surface area contributed by atoms with Gasteiger partial charge in [-0.25, -0.2) is 8.78 Å². The lowest BCUT2D eigenvalue weighted by Gasteiger charge is -2.07. The van der Waals surface area contributed by atoms with Crippen molar-refractivity contribution in [2.45, 2.75) is 12.3 Å². The van der Waals surface area contributed by atoms with Gasteiger partial charge in [0, 0.05) is 17.6 Å². The number of carbonyl (C=O) groups excluding carboxylic acids is 1. The molecule has 0 atom stereocenters. The number of alkyl halides is 3. The topological polar surface area (TPSA) is 30.0 Å². The number of aromatic nitrogens is 1. The Bertz CT molecular complexity index is 357. The predicted octanol–water partition coefficient (Wildman–Crippen LogP) is 3.22. The molecule has 14 heavy (non-hydrogen) atoms. The highest BCUT2D eigenvalue weighted by molar-refractivity contribution is 6.33. The second-order valence-electron chi connectivity index (χ2n) is 2.44. The first-order valence-corrected chi connectivity index (χ1v) is 4.49. The van der Waals surface area contributed by atoms with Crippen molar-refractivity contribution in [3.8, 4) is 0 Å². The van der Waals surface area contributed by atoms with Crippen molar-refractivity contribution in [1.29, 1.82) is 0 Å². The molecular weight excluding hydrogens is 235 g/mol. The van der Waals surface area contributed by atoms with E-state index in [-0.39, 0.29) is 22.0 Å². The normalized spacial score (nSPS) is 10.6. The van der Waals surface area contributed by atoms with E-state index in [2.05, 4.69) is 4.98 Å². The SMILES string of the molecule is O=Cc1cnc(C(F)F)c(Cl)c1CCl. The van der Waals surface area contributed by atoms with Gasteiger partial charge in [0.05, 0.1) is 5.02 Å². The number of halogens is 4. The molecule has 0 saturated carbocycles. The zero-order valence-electron chi connectivity index (χ0n) is 6.81. The Hall–Kier alpha value is -0.740. The van der Waals surface area contributed by atoms with Crippen LogP contribution in [0.2, 0.25) is 5.02 Å². The van der Waals surface area contributed by atoms with E-state index in [9.17, 15) is 13.6 Å². The average Bonchev–Trinajstić information content (AvgIpc) is 2.16. The highest BCUT2D eigenvalue weighted by atomic mass is 35.5. The van der Waals surface area contributed by atoms with Crippen LogP contribution < -0.4 is 0 Å². The molecule has 1 aromatic heterocycles. The van der Waals surface area contributed by atoms with E-state index in [4.69, 9.17) is 23.2 Å². The van der Waals surface area contributed by atoms with E-state index >= 15 is 0 Å². The molecule has 76 valence electrons. The van der Waals surface area contributed by atoms with Crippen LogP contribution in [0.15, 0.2) is 6.20 Å². The summed E-state index contributed by atoms with van der Waals surface area (Å²) in [4.78, 5) is 13.9. The van der Waals surface area contributed by atoms with Gasteiger partial charge in [0.25, 0.3) is 6.43 Å². The largest absolute Gasteiger partial charge is 0.298 e. The summed E-state index contributed by atoms with van der Waals surface area (Å²) in [6.45, 7) is 0. The monoisotopic (exact) mass is 239 g/mol. The highest BCUT2D eigenvalue weighted by Crippen LogP contribution is 2.30. The van der Waals surface area contributed by atoms with Crippen molar-refractivity contribution in [3.05, 3.63) is 28.0 Å². The Morgan fingerprint density at radius 3 is 2.64 bits per heavy atom. The maximum Gasteiger partial charge on any atom is 0.281 e. The first kappa shape index (κ1) is 11.3. The standard InChI is InChI=1S/C8H5Cl2F2NO/c9-1-5-4(3-14)2-13-7(6(5)10)8(11)12/h2-3,8H,1H2. The molecule has 6 heteroatoms. The first-order valence-electron chi connectivity index (χ1n) is 3.58. The summed E-state index contributed by atoms with van der Waals surface area (Å²) < 4.78 is 24.6. The van der Waals surface area contributed by atoms with Crippen molar-refractivity contribution in [2.24, 2.45) is 0 Å². The minimum Gasteiger partial charge on any atom is -0.298 e. The zero-order valence-corrected chi connectivity index (χ0v) is 8.32. The molecule has 0 amide bonds. The Labute approximate surface area is 88.8 Å². The number of hydrogen-bond donors (Lipinski definition) is 0. The van der Waals surface area contributed by atoms with Crippen molar-refractivity contribution < 1.29 is 13.6 Å². The van der Waals surface area contributed by atoms with E-state index < -0.39 is 12.1 Å². The van der Waals surface area contributed by atoms with Crippen LogP contribution in [0.3, 0.4) is 0 Å². The zero-order chi connectivity index (χ0) is 10.7. The summed E-state index contributed by atoms with van der Waals surface area (Å²) in [5, 5.41) is -0.236. The van der Waals surface area contributed by atoms with Crippen LogP contribution >= 0.6 is 23.2 Å². The molecule has 2 nitrogen and oxygen atoms in total. The number of hydrogen-bond acceptors (Lipinski definition) is 2. The maximum atomic E-state index is 12.3. The van der Waals surface area contributed by atoms with Crippen molar-refractivity contribution >= 4 is 29.5 Å². The minimum absolute atomic E-state index is 0.102. The Morgan fingerprint density at radius 1 is 1.57 bits per heavy atom. The second-order valence-corrected chi connectivity index (χ2v) is 3.09. The lowest BCUT2D eigenvalue weighted by Crippen LogP contribution is -1.99. The molecule has 1 heterocycles. The fourth-order valence-electron chi connectivity index (χ4n) is 0.945. The summed E-state index contributed by atoms with van der Waals surface area (Å²) in [7, 11) is 0. The van der Waals surface area contributed by atoms with Gasteiger partial charge in [0.2, 0.25) is 0 Å². The lowest BCUT2D eigenvalue weighted by molar-refractivity contribution is 0.112. The van der Waals surface area contributed by atoms with Crippen LogP contribution in [0.5, 0.6) is 0 Å². The van der Waals surface area contributed by atoms with E-state index in [0.29, 0.717) is 6.29 Å². The molecule has 0 saturated heterocycles. The van der Waals surface area contributed by atoms with Crippen molar-refractivity contribution in [3.63, 3.8) is 0 Å². The predicted molar refractivity (Wildman–Crippen MR) is 49.1 cm³/mol. The number of aldehydes is 1. The number of carbonyl (C=O) groups is 1. The fraction of sp³-hybridized carbons (Fsp3) is 0.250. The lowest BCUT2D eigenvalue weighted by atomic mass is 10.1. The van der Waals surface area contributed by atoms with Crippen LogP contribution in [0.4, 0.5) is 8.78 Å².